The summed E-state index contributed by atoms with van der Waals surface area (Å²) in [7, 11) is 0. The predicted molar refractivity (Wildman–Crippen MR) is 207 cm³/mol. The van der Waals surface area contributed by atoms with Gasteiger partial charge in [-0.1, -0.05) is 176 Å². The highest BCUT2D eigenvalue weighted by Crippen LogP contribution is 2.39. The molecule has 0 unspecified atom stereocenters. The van der Waals surface area contributed by atoms with Crippen molar-refractivity contribution in [2.75, 3.05) is 0 Å². The van der Waals surface area contributed by atoms with E-state index < -0.39 is 0 Å². The lowest BCUT2D eigenvalue weighted by molar-refractivity contribution is 1.26. The van der Waals surface area contributed by atoms with Crippen molar-refractivity contribution in [3.63, 3.8) is 0 Å². The fourth-order valence-corrected chi connectivity index (χ4v) is 7.30. The first-order chi connectivity index (χ1) is 24.2. The third-order valence-corrected chi connectivity index (χ3v) is 9.92. The van der Waals surface area contributed by atoms with Crippen LogP contribution in [0.1, 0.15) is 11.1 Å². The molecule has 9 rings (SSSR count). The van der Waals surface area contributed by atoms with Gasteiger partial charge in [-0.25, -0.2) is 0 Å². The fraction of sp³-hybridized carbons (Fsp3) is 0.0204. The first-order valence-electron chi connectivity index (χ1n) is 17.0. The van der Waals surface area contributed by atoms with Gasteiger partial charge in [0.1, 0.15) is 0 Å². The minimum Gasteiger partial charge on any atom is -0.0622 e. The number of rotatable bonds is 6. The van der Waals surface area contributed by atoms with Crippen LogP contribution >= 0.6 is 0 Å². The summed E-state index contributed by atoms with van der Waals surface area (Å²) in [5, 5.41) is 0. The maximum absolute atomic E-state index is 2.38. The molecule has 0 nitrogen and oxygen atoms in total. The molecule has 0 fully saturated rings. The Hall–Kier alpha value is -6.24. The van der Waals surface area contributed by atoms with Gasteiger partial charge in [0.15, 0.2) is 0 Å². The van der Waals surface area contributed by atoms with Crippen LogP contribution in [0.3, 0.4) is 0 Å². The van der Waals surface area contributed by atoms with Crippen LogP contribution in [0.2, 0.25) is 0 Å². The maximum atomic E-state index is 2.38. The first-order valence-corrected chi connectivity index (χ1v) is 17.0. The van der Waals surface area contributed by atoms with Crippen LogP contribution in [0.25, 0.3) is 77.9 Å². The Bertz CT molecular complexity index is 2430. The van der Waals surface area contributed by atoms with Crippen molar-refractivity contribution in [1.82, 2.24) is 0 Å². The van der Waals surface area contributed by atoms with E-state index in [1.807, 2.05) is 0 Å². The lowest BCUT2D eigenvalue weighted by Gasteiger charge is -2.11. The van der Waals surface area contributed by atoms with E-state index in [4.69, 9.17) is 0 Å². The van der Waals surface area contributed by atoms with E-state index >= 15 is 0 Å². The SMILES string of the molecule is c1ccc(-c2ccc(-c3cccc(-c4ccc(-c5cccc(-c6cccc(-c7ccc8c(c7)Cc7ccccc7-8)c6)c5)cc4)c3)cc2)cc1. The molecule has 49 heavy (non-hydrogen) atoms. The second-order valence-electron chi connectivity index (χ2n) is 13.0. The van der Waals surface area contributed by atoms with Crippen molar-refractivity contribution in [3.8, 4) is 77.9 Å². The molecule has 0 radical (unpaired) electrons. The summed E-state index contributed by atoms with van der Waals surface area (Å²) < 4.78 is 0. The van der Waals surface area contributed by atoms with Crippen molar-refractivity contribution in [3.05, 3.63) is 205 Å². The third kappa shape index (κ3) is 5.69. The van der Waals surface area contributed by atoms with Crippen LogP contribution in [0.5, 0.6) is 0 Å². The van der Waals surface area contributed by atoms with Crippen molar-refractivity contribution in [1.29, 1.82) is 0 Å². The Morgan fingerprint density at radius 2 is 0.531 bits per heavy atom. The summed E-state index contributed by atoms with van der Waals surface area (Å²) in [6, 6.07) is 70.8. The number of benzene rings is 8. The molecule has 1 aliphatic rings. The molecular weight excluding hydrogens is 589 g/mol. The van der Waals surface area contributed by atoms with Crippen LogP contribution in [0.4, 0.5) is 0 Å². The fourth-order valence-electron chi connectivity index (χ4n) is 7.30. The van der Waals surface area contributed by atoms with Gasteiger partial charge >= 0.3 is 0 Å². The van der Waals surface area contributed by atoms with Crippen LogP contribution in [-0.2, 0) is 6.42 Å². The van der Waals surface area contributed by atoms with Crippen LogP contribution < -0.4 is 0 Å². The summed E-state index contributed by atoms with van der Waals surface area (Å²) in [4.78, 5) is 0. The lowest BCUT2D eigenvalue weighted by Crippen LogP contribution is -1.86. The smallest absolute Gasteiger partial charge is 0.00132 e. The summed E-state index contributed by atoms with van der Waals surface area (Å²) >= 11 is 0. The Kier molecular flexibility index (Phi) is 7.33. The molecule has 0 aliphatic heterocycles. The van der Waals surface area contributed by atoms with Gasteiger partial charge in [0.05, 0.1) is 0 Å². The average molecular weight is 623 g/mol. The molecule has 0 heteroatoms. The Balaban J connectivity index is 0.947. The van der Waals surface area contributed by atoms with Crippen LogP contribution in [0.15, 0.2) is 194 Å². The van der Waals surface area contributed by atoms with Gasteiger partial charge in [-0.3, -0.25) is 0 Å². The number of hydrogen-bond donors (Lipinski definition) is 0. The zero-order valence-corrected chi connectivity index (χ0v) is 27.2. The van der Waals surface area contributed by atoms with Gasteiger partial charge in [-0.15, -0.1) is 0 Å². The Morgan fingerprint density at radius 1 is 0.204 bits per heavy atom. The van der Waals surface area contributed by atoms with Gasteiger partial charge in [0.2, 0.25) is 0 Å². The Labute approximate surface area is 288 Å². The summed E-state index contributed by atoms with van der Waals surface area (Å²) in [5.41, 5.74) is 20.4. The van der Waals surface area contributed by atoms with E-state index in [1.54, 1.807) is 0 Å². The highest BCUT2D eigenvalue weighted by atomic mass is 14.2. The first kappa shape index (κ1) is 28.9. The molecule has 0 atom stereocenters. The highest BCUT2D eigenvalue weighted by Gasteiger charge is 2.18. The molecule has 0 saturated carbocycles. The standard InChI is InChI=1S/C49H34/c1-2-9-34(10-3-1)35-19-21-36(22-20-35)39-12-6-13-40(29-39)37-23-25-38(26-24-37)41-14-7-15-42(30-41)43-16-8-17-44(31-43)45-27-28-49-47(32-45)33-46-11-4-5-18-48(46)49/h1-32H,33H2. The molecule has 0 aromatic heterocycles. The van der Waals surface area contributed by atoms with Gasteiger partial charge in [0.25, 0.3) is 0 Å². The second kappa shape index (κ2) is 12.4. The minimum atomic E-state index is 1.01. The Morgan fingerprint density at radius 3 is 1.04 bits per heavy atom. The molecule has 0 saturated heterocycles. The summed E-state index contributed by atoms with van der Waals surface area (Å²) in [6.45, 7) is 0. The summed E-state index contributed by atoms with van der Waals surface area (Å²) in [5.74, 6) is 0. The van der Waals surface area contributed by atoms with E-state index in [9.17, 15) is 0 Å². The van der Waals surface area contributed by atoms with Gasteiger partial charge in [0, 0.05) is 0 Å². The van der Waals surface area contributed by atoms with Crippen molar-refractivity contribution in [2.45, 2.75) is 6.42 Å². The van der Waals surface area contributed by atoms with Gasteiger partial charge < -0.3 is 0 Å². The molecule has 1 aliphatic carbocycles. The maximum Gasteiger partial charge on any atom is -0.00132 e. The van der Waals surface area contributed by atoms with E-state index in [0.29, 0.717) is 0 Å². The van der Waals surface area contributed by atoms with Crippen molar-refractivity contribution >= 4 is 0 Å². The molecule has 0 amide bonds. The minimum absolute atomic E-state index is 1.01. The molecule has 0 N–H and O–H groups in total. The van der Waals surface area contributed by atoms with E-state index in [0.717, 1.165) is 6.42 Å². The molecule has 8 aromatic carbocycles. The van der Waals surface area contributed by atoms with Crippen molar-refractivity contribution < 1.29 is 0 Å². The largest absolute Gasteiger partial charge is 0.0622 e. The van der Waals surface area contributed by atoms with Crippen LogP contribution in [-0.4, -0.2) is 0 Å². The van der Waals surface area contributed by atoms with Gasteiger partial charge in [-0.05, 0) is 114 Å². The third-order valence-electron chi connectivity index (χ3n) is 9.92. The number of hydrogen-bond acceptors (Lipinski definition) is 0. The number of fused-ring (bicyclic) bond motifs is 3. The van der Waals surface area contributed by atoms with Crippen LogP contribution in [0, 0.1) is 0 Å². The topological polar surface area (TPSA) is 0 Å². The second-order valence-corrected chi connectivity index (χ2v) is 13.0. The average Bonchev–Trinajstić information content (AvgIpc) is 3.57. The molecule has 230 valence electrons. The highest BCUT2D eigenvalue weighted by molar-refractivity contribution is 5.83. The molecule has 0 bridgehead atoms. The molecular formula is C49H34. The van der Waals surface area contributed by atoms with Crippen molar-refractivity contribution in [2.24, 2.45) is 0 Å². The zero-order chi connectivity index (χ0) is 32.6. The van der Waals surface area contributed by atoms with E-state index in [2.05, 4.69) is 194 Å². The molecule has 8 aromatic rings. The molecule has 0 heterocycles. The van der Waals surface area contributed by atoms with Gasteiger partial charge in [-0.2, -0.15) is 0 Å². The normalized spacial score (nSPS) is 11.6. The zero-order valence-electron chi connectivity index (χ0n) is 27.2. The quantitative estimate of drug-likeness (QED) is 0.173. The van der Waals surface area contributed by atoms with E-state index in [-0.39, 0.29) is 0 Å². The molecule has 0 spiro atoms. The summed E-state index contributed by atoms with van der Waals surface area (Å²) in [6.07, 6.45) is 1.01. The monoisotopic (exact) mass is 622 g/mol. The predicted octanol–water partition coefficient (Wildman–Crippen LogP) is 13.3. The lowest BCUT2D eigenvalue weighted by atomic mass is 9.94. The van der Waals surface area contributed by atoms with E-state index in [1.165, 1.54) is 89.0 Å².